The number of hydrogen-bond donors (Lipinski definition) is 1. The summed E-state index contributed by atoms with van der Waals surface area (Å²) in [5.74, 6) is -3.80. The molecular formula is C33H22Cl2N4O5. The average Bonchev–Trinajstić information content (AvgIpc) is 3.29. The van der Waals surface area contributed by atoms with Crippen molar-refractivity contribution in [1.82, 2.24) is 5.43 Å². The molecule has 8 rings (SSSR count). The number of benzene rings is 4. The maximum Gasteiger partial charge on any atom is 0.294 e. The number of imide groups is 1. The van der Waals surface area contributed by atoms with Gasteiger partial charge < -0.3 is 0 Å². The Morgan fingerprint density at radius 1 is 0.909 bits per heavy atom. The van der Waals surface area contributed by atoms with Gasteiger partial charge in [0.05, 0.1) is 28.6 Å². The molecule has 1 saturated heterocycles. The number of nitrogens with zero attached hydrogens (tertiary/aromatic N) is 3. The molecule has 4 aliphatic rings. The molecule has 44 heavy (non-hydrogen) atoms. The molecule has 0 aromatic heterocycles. The Bertz CT molecular complexity index is 1880. The fourth-order valence-electron chi connectivity index (χ4n) is 7.15. The third kappa shape index (κ3) is 4.07. The summed E-state index contributed by atoms with van der Waals surface area (Å²) in [6, 6.07) is 25.9. The number of nitro benzene ring substituents is 1. The van der Waals surface area contributed by atoms with Crippen LogP contribution in [0.3, 0.4) is 0 Å². The van der Waals surface area contributed by atoms with Crippen LogP contribution < -0.4 is 10.3 Å². The van der Waals surface area contributed by atoms with Gasteiger partial charge in [-0.1, -0.05) is 83.9 Å². The van der Waals surface area contributed by atoms with E-state index in [0.717, 1.165) is 38.8 Å². The number of hydrogen-bond acceptors (Lipinski definition) is 6. The number of carbonyl (C=O) groups excluding carboxylic acids is 3. The van der Waals surface area contributed by atoms with Crippen molar-refractivity contribution in [2.45, 2.75) is 17.8 Å². The molecule has 1 heterocycles. The van der Waals surface area contributed by atoms with Gasteiger partial charge in [0.2, 0.25) is 17.7 Å². The van der Waals surface area contributed by atoms with Crippen molar-refractivity contribution in [1.29, 1.82) is 0 Å². The van der Waals surface area contributed by atoms with E-state index in [1.807, 2.05) is 48.5 Å². The second-order valence-electron chi connectivity index (χ2n) is 11.0. The van der Waals surface area contributed by atoms with E-state index in [0.29, 0.717) is 5.02 Å². The predicted octanol–water partition coefficient (Wildman–Crippen LogP) is 5.80. The highest BCUT2D eigenvalue weighted by molar-refractivity contribution is 6.31. The molecule has 11 heteroatoms. The van der Waals surface area contributed by atoms with Crippen LogP contribution >= 0.6 is 23.2 Å². The molecule has 1 aliphatic heterocycles. The highest BCUT2D eigenvalue weighted by atomic mass is 35.5. The van der Waals surface area contributed by atoms with Gasteiger partial charge in [-0.2, -0.15) is 5.10 Å². The van der Waals surface area contributed by atoms with Gasteiger partial charge in [-0.3, -0.25) is 24.5 Å². The van der Waals surface area contributed by atoms with Gasteiger partial charge in [0.25, 0.3) is 5.69 Å². The van der Waals surface area contributed by atoms with Gasteiger partial charge >= 0.3 is 0 Å². The minimum Gasteiger partial charge on any atom is -0.274 e. The minimum atomic E-state index is -1.25. The fourth-order valence-corrected chi connectivity index (χ4v) is 7.44. The molecule has 0 unspecified atom stereocenters. The zero-order chi connectivity index (χ0) is 30.7. The van der Waals surface area contributed by atoms with Crippen molar-refractivity contribution < 1.29 is 19.3 Å². The molecule has 218 valence electrons. The fraction of sp³-hybridized carbons (Fsp3) is 0.152. The Hall–Kier alpha value is -4.86. The summed E-state index contributed by atoms with van der Waals surface area (Å²) in [5.41, 5.74) is 4.80. The van der Waals surface area contributed by atoms with Crippen LogP contribution in [0, 0.1) is 22.0 Å². The van der Waals surface area contributed by atoms with E-state index >= 15 is 0 Å². The van der Waals surface area contributed by atoms with E-state index in [-0.39, 0.29) is 23.0 Å². The molecule has 0 saturated carbocycles. The smallest absolute Gasteiger partial charge is 0.274 e. The number of rotatable bonds is 6. The van der Waals surface area contributed by atoms with Crippen LogP contribution in [0.25, 0.3) is 0 Å². The number of nitro groups is 1. The summed E-state index contributed by atoms with van der Waals surface area (Å²) < 4.78 is 0. The standard InChI is InChI=1S/C33H22Cl2N4O5/c34-19-11-9-18(10-12-19)15-27(40)37-36-17-33-23-7-3-1-5-21(23)28(22-6-2-4-8-24(22)33)29-30(33)32(42)38(31(29)41)25-14-13-20(35)16-26(25)39(43)44/h1-14,16-17,28-30H,15H2,(H,37,40)/b36-17-/t28?,29-,30-,33?/m1/s1. The van der Waals surface area contributed by atoms with Gasteiger partial charge in [-0.05, 0) is 52.1 Å². The van der Waals surface area contributed by atoms with Crippen molar-refractivity contribution in [2.75, 3.05) is 4.90 Å². The Morgan fingerprint density at radius 3 is 2.16 bits per heavy atom. The first-order valence-corrected chi connectivity index (χ1v) is 14.6. The van der Waals surface area contributed by atoms with Crippen molar-refractivity contribution >= 4 is 58.5 Å². The highest BCUT2D eigenvalue weighted by Gasteiger charge is 2.68. The Kier molecular flexibility index (Phi) is 6.60. The first-order valence-electron chi connectivity index (χ1n) is 13.8. The molecule has 2 atom stereocenters. The molecule has 0 radical (unpaired) electrons. The average molecular weight is 625 g/mol. The normalized spacial score (nSPS) is 23.0. The Labute approximate surface area is 261 Å². The Morgan fingerprint density at radius 2 is 1.52 bits per heavy atom. The largest absolute Gasteiger partial charge is 0.294 e. The van der Waals surface area contributed by atoms with Crippen LogP contribution in [-0.4, -0.2) is 28.9 Å². The topological polar surface area (TPSA) is 122 Å². The summed E-state index contributed by atoms with van der Waals surface area (Å²) in [5, 5.41) is 17.1. The summed E-state index contributed by atoms with van der Waals surface area (Å²) >= 11 is 12.0. The van der Waals surface area contributed by atoms with Gasteiger partial charge in [-0.25, -0.2) is 10.3 Å². The lowest BCUT2D eigenvalue weighted by Crippen LogP contribution is -2.54. The lowest BCUT2D eigenvalue weighted by molar-refractivity contribution is -0.384. The van der Waals surface area contributed by atoms with Crippen LogP contribution in [0.15, 0.2) is 96.1 Å². The molecule has 1 N–H and O–H groups in total. The second-order valence-corrected chi connectivity index (χ2v) is 11.9. The van der Waals surface area contributed by atoms with Crippen LogP contribution in [0.1, 0.15) is 33.7 Å². The van der Waals surface area contributed by atoms with Crippen molar-refractivity contribution in [2.24, 2.45) is 16.9 Å². The van der Waals surface area contributed by atoms with Crippen LogP contribution in [0.2, 0.25) is 10.0 Å². The number of hydrazone groups is 1. The summed E-state index contributed by atoms with van der Waals surface area (Å²) in [6.45, 7) is 0. The molecular weight excluding hydrogens is 603 g/mol. The number of anilines is 1. The van der Waals surface area contributed by atoms with E-state index in [9.17, 15) is 24.5 Å². The molecule has 1 fully saturated rings. The molecule has 9 nitrogen and oxygen atoms in total. The number of amides is 3. The zero-order valence-electron chi connectivity index (χ0n) is 22.8. The van der Waals surface area contributed by atoms with Gasteiger partial charge in [0, 0.05) is 28.2 Å². The maximum absolute atomic E-state index is 14.5. The van der Waals surface area contributed by atoms with E-state index in [1.54, 1.807) is 30.5 Å². The molecule has 2 bridgehead atoms. The van der Waals surface area contributed by atoms with Crippen molar-refractivity contribution in [3.8, 4) is 0 Å². The van der Waals surface area contributed by atoms with Crippen LogP contribution in [-0.2, 0) is 26.2 Å². The molecule has 4 aromatic carbocycles. The monoisotopic (exact) mass is 624 g/mol. The van der Waals surface area contributed by atoms with E-state index in [1.165, 1.54) is 12.1 Å². The van der Waals surface area contributed by atoms with Crippen LogP contribution in [0.4, 0.5) is 11.4 Å². The third-order valence-corrected chi connectivity index (χ3v) is 9.28. The van der Waals surface area contributed by atoms with E-state index in [4.69, 9.17) is 23.2 Å². The highest BCUT2D eigenvalue weighted by Crippen LogP contribution is 2.64. The zero-order valence-corrected chi connectivity index (χ0v) is 24.3. The number of halogens is 2. The third-order valence-electron chi connectivity index (χ3n) is 8.79. The van der Waals surface area contributed by atoms with Crippen LogP contribution in [0.5, 0.6) is 0 Å². The van der Waals surface area contributed by atoms with E-state index in [2.05, 4.69) is 10.5 Å². The quantitative estimate of drug-likeness (QED) is 0.126. The summed E-state index contributed by atoms with van der Waals surface area (Å²) in [7, 11) is 0. The predicted molar refractivity (Wildman–Crippen MR) is 165 cm³/mol. The SMILES string of the molecule is O=C(Cc1ccc(Cl)cc1)N/N=C\C12c3ccccc3C(c3ccccc31)[C@H]1C(=O)N(c3ccc(Cl)cc3[N+](=O)[O-])C(=O)[C@@H]12. The lowest BCUT2D eigenvalue weighted by atomic mass is 9.47. The Balaban J connectivity index is 1.36. The second kappa shape index (κ2) is 10.4. The summed E-state index contributed by atoms with van der Waals surface area (Å²) in [4.78, 5) is 53.9. The van der Waals surface area contributed by atoms with Gasteiger partial charge in [0.15, 0.2) is 0 Å². The van der Waals surface area contributed by atoms with E-state index < -0.39 is 45.6 Å². The maximum atomic E-state index is 14.5. The first kappa shape index (κ1) is 27.9. The number of carbonyl (C=O) groups is 3. The molecule has 3 aliphatic carbocycles. The van der Waals surface area contributed by atoms with Crippen molar-refractivity contribution in [3.63, 3.8) is 0 Å². The van der Waals surface area contributed by atoms with Crippen molar-refractivity contribution in [3.05, 3.63) is 139 Å². The minimum absolute atomic E-state index is 0.0498. The molecule has 0 spiro atoms. The van der Waals surface area contributed by atoms with Gasteiger partial charge in [-0.15, -0.1) is 0 Å². The number of nitrogens with one attached hydrogen (secondary N) is 1. The van der Waals surface area contributed by atoms with Gasteiger partial charge in [0.1, 0.15) is 5.69 Å². The first-order chi connectivity index (χ1) is 21.2. The molecule has 3 amide bonds. The lowest BCUT2D eigenvalue weighted by Gasteiger charge is -2.52. The summed E-state index contributed by atoms with van der Waals surface area (Å²) in [6.07, 6.45) is 1.59. The molecule has 4 aromatic rings.